The Bertz CT molecular complexity index is 795. The van der Waals surface area contributed by atoms with Gasteiger partial charge in [-0.1, -0.05) is 12.1 Å². The van der Waals surface area contributed by atoms with E-state index in [1.165, 1.54) is 18.6 Å². The van der Waals surface area contributed by atoms with Gasteiger partial charge in [-0.05, 0) is 18.6 Å². The highest BCUT2D eigenvalue weighted by molar-refractivity contribution is 5.98. The molecule has 0 aliphatic carbocycles. The summed E-state index contributed by atoms with van der Waals surface area (Å²) in [6.07, 6.45) is 5.84. The second-order valence-corrected chi connectivity index (χ2v) is 5.97. The number of para-hydroxylation sites is 1. The standard InChI is InChI=1S/C17H16N4O3/c22-15-12-4-1-2-5-14(12)24-17(20-15)6-3-9-21(11-17)16(23)13-10-18-7-8-19-13/h1-2,4-5,7-8,10H,3,6,9,11H2,(H,20,22)/t17-/m1/s1. The quantitative estimate of drug-likeness (QED) is 0.853. The first kappa shape index (κ1) is 14.6. The molecule has 2 aromatic rings. The molecule has 122 valence electrons. The fourth-order valence-corrected chi connectivity index (χ4v) is 3.21. The van der Waals surface area contributed by atoms with E-state index in [0.717, 1.165) is 6.42 Å². The molecule has 2 aliphatic heterocycles. The Balaban J connectivity index is 1.59. The molecule has 1 N–H and O–H groups in total. The first-order valence-corrected chi connectivity index (χ1v) is 7.83. The Kier molecular flexibility index (Phi) is 3.41. The molecular weight excluding hydrogens is 308 g/mol. The second kappa shape index (κ2) is 5.59. The molecule has 1 fully saturated rings. The van der Waals surface area contributed by atoms with Crippen LogP contribution < -0.4 is 10.1 Å². The third-order valence-corrected chi connectivity index (χ3v) is 4.30. The number of aromatic nitrogens is 2. The highest BCUT2D eigenvalue weighted by Crippen LogP contribution is 2.32. The maximum absolute atomic E-state index is 12.6. The van der Waals surface area contributed by atoms with Gasteiger partial charge in [-0.15, -0.1) is 0 Å². The van der Waals surface area contributed by atoms with Crippen molar-refractivity contribution < 1.29 is 14.3 Å². The third-order valence-electron chi connectivity index (χ3n) is 4.30. The summed E-state index contributed by atoms with van der Waals surface area (Å²) in [5.41, 5.74) is -0.0840. The van der Waals surface area contributed by atoms with Crippen molar-refractivity contribution in [1.82, 2.24) is 20.2 Å². The molecule has 0 saturated carbocycles. The fourth-order valence-electron chi connectivity index (χ4n) is 3.21. The van der Waals surface area contributed by atoms with Crippen LogP contribution >= 0.6 is 0 Å². The minimum atomic E-state index is -0.887. The number of piperidine rings is 1. The first-order chi connectivity index (χ1) is 11.7. The molecule has 0 unspecified atom stereocenters. The van der Waals surface area contributed by atoms with E-state index in [-0.39, 0.29) is 24.1 Å². The number of rotatable bonds is 1. The van der Waals surface area contributed by atoms with Gasteiger partial charge in [0.15, 0.2) is 0 Å². The number of hydrogen-bond donors (Lipinski definition) is 1. The van der Waals surface area contributed by atoms with Gasteiger partial charge in [0, 0.05) is 25.4 Å². The zero-order valence-corrected chi connectivity index (χ0v) is 12.9. The van der Waals surface area contributed by atoms with Crippen LogP contribution in [0.25, 0.3) is 0 Å². The van der Waals surface area contributed by atoms with Crippen molar-refractivity contribution in [2.75, 3.05) is 13.1 Å². The van der Waals surface area contributed by atoms with Crippen molar-refractivity contribution in [2.24, 2.45) is 0 Å². The van der Waals surface area contributed by atoms with E-state index in [1.54, 1.807) is 23.1 Å². The van der Waals surface area contributed by atoms with Crippen LogP contribution in [0.5, 0.6) is 5.75 Å². The lowest BCUT2D eigenvalue weighted by Crippen LogP contribution is -2.64. The van der Waals surface area contributed by atoms with E-state index in [1.807, 2.05) is 6.07 Å². The van der Waals surface area contributed by atoms with Gasteiger partial charge in [-0.2, -0.15) is 0 Å². The van der Waals surface area contributed by atoms with E-state index < -0.39 is 5.72 Å². The minimum Gasteiger partial charge on any atom is -0.465 e. The lowest BCUT2D eigenvalue weighted by atomic mass is 9.97. The molecule has 1 saturated heterocycles. The first-order valence-electron chi connectivity index (χ1n) is 7.83. The molecule has 0 radical (unpaired) electrons. The molecule has 4 rings (SSSR count). The monoisotopic (exact) mass is 324 g/mol. The summed E-state index contributed by atoms with van der Waals surface area (Å²) in [5, 5.41) is 2.93. The summed E-state index contributed by atoms with van der Waals surface area (Å²) in [7, 11) is 0. The molecule has 1 aromatic heterocycles. The second-order valence-electron chi connectivity index (χ2n) is 5.97. The normalized spacial score (nSPS) is 22.5. The summed E-state index contributed by atoms with van der Waals surface area (Å²) in [4.78, 5) is 34.6. The number of hydrogen-bond acceptors (Lipinski definition) is 5. The number of nitrogens with one attached hydrogen (secondary N) is 1. The van der Waals surface area contributed by atoms with E-state index >= 15 is 0 Å². The Labute approximate surface area is 138 Å². The average Bonchev–Trinajstić information content (AvgIpc) is 2.62. The number of ether oxygens (including phenoxy) is 1. The number of fused-ring (bicyclic) bond motifs is 1. The topological polar surface area (TPSA) is 84.4 Å². The Morgan fingerprint density at radius 3 is 3.00 bits per heavy atom. The molecule has 1 aromatic carbocycles. The van der Waals surface area contributed by atoms with Crippen molar-refractivity contribution in [2.45, 2.75) is 18.6 Å². The largest absolute Gasteiger partial charge is 0.465 e. The van der Waals surface area contributed by atoms with Crippen molar-refractivity contribution in [1.29, 1.82) is 0 Å². The van der Waals surface area contributed by atoms with Crippen LogP contribution in [0.3, 0.4) is 0 Å². The van der Waals surface area contributed by atoms with Crippen LogP contribution in [-0.4, -0.2) is 45.5 Å². The van der Waals surface area contributed by atoms with Crippen LogP contribution in [0, 0.1) is 0 Å². The summed E-state index contributed by atoms with van der Waals surface area (Å²) >= 11 is 0. The van der Waals surface area contributed by atoms with Gasteiger partial charge in [0.1, 0.15) is 11.4 Å². The number of carbonyl (C=O) groups is 2. The molecule has 2 amide bonds. The molecule has 1 spiro atoms. The van der Waals surface area contributed by atoms with Crippen LogP contribution in [0.15, 0.2) is 42.9 Å². The molecule has 0 bridgehead atoms. The average molecular weight is 324 g/mol. The van der Waals surface area contributed by atoms with Gasteiger partial charge < -0.3 is 15.0 Å². The van der Waals surface area contributed by atoms with Gasteiger partial charge in [0.2, 0.25) is 5.72 Å². The van der Waals surface area contributed by atoms with E-state index in [2.05, 4.69) is 15.3 Å². The fraction of sp³-hybridized carbons (Fsp3) is 0.294. The van der Waals surface area contributed by atoms with Crippen molar-refractivity contribution in [3.63, 3.8) is 0 Å². The molecule has 24 heavy (non-hydrogen) atoms. The Hall–Kier alpha value is -2.96. The lowest BCUT2D eigenvalue weighted by Gasteiger charge is -2.45. The van der Waals surface area contributed by atoms with Crippen LogP contribution in [0.4, 0.5) is 0 Å². The Morgan fingerprint density at radius 2 is 2.17 bits per heavy atom. The highest BCUT2D eigenvalue weighted by Gasteiger charge is 2.44. The predicted octanol–water partition coefficient (Wildman–Crippen LogP) is 1.23. The molecule has 7 heteroatoms. The van der Waals surface area contributed by atoms with E-state index in [9.17, 15) is 9.59 Å². The molecular formula is C17H16N4O3. The molecule has 7 nitrogen and oxygen atoms in total. The number of amides is 2. The zero-order valence-electron chi connectivity index (χ0n) is 12.9. The van der Waals surface area contributed by atoms with Crippen molar-refractivity contribution in [3.8, 4) is 5.75 Å². The summed E-state index contributed by atoms with van der Waals surface area (Å²) in [6, 6.07) is 7.13. The van der Waals surface area contributed by atoms with Gasteiger partial charge in [0.05, 0.1) is 18.3 Å². The van der Waals surface area contributed by atoms with E-state index in [4.69, 9.17) is 4.74 Å². The van der Waals surface area contributed by atoms with Gasteiger partial charge in [0.25, 0.3) is 11.8 Å². The third kappa shape index (κ3) is 2.47. The predicted molar refractivity (Wildman–Crippen MR) is 84.4 cm³/mol. The minimum absolute atomic E-state index is 0.175. The number of benzene rings is 1. The summed E-state index contributed by atoms with van der Waals surface area (Å²) < 4.78 is 6.09. The SMILES string of the molecule is O=C1N[C@]2(CCCN(C(=O)c3cnccn3)C2)Oc2ccccc21. The molecule has 2 aliphatic rings. The number of carbonyl (C=O) groups excluding carboxylic acids is 2. The zero-order chi connectivity index (χ0) is 16.6. The molecule has 3 heterocycles. The number of likely N-dealkylation sites (tertiary alicyclic amines) is 1. The van der Waals surface area contributed by atoms with Crippen LogP contribution in [0.2, 0.25) is 0 Å². The van der Waals surface area contributed by atoms with Gasteiger partial charge in [-0.3, -0.25) is 14.6 Å². The maximum Gasteiger partial charge on any atom is 0.274 e. The molecule has 1 atom stereocenters. The summed E-state index contributed by atoms with van der Waals surface area (Å²) in [5.74, 6) is 0.166. The lowest BCUT2D eigenvalue weighted by molar-refractivity contribution is -0.0315. The van der Waals surface area contributed by atoms with Gasteiger partial charge in [-0.25, -0.2) is 4.98 Å². The van der Waals surface area contributed by atoms with Gasteiger partial charge >= 0.3 is 0 Å². The van der Waals surface area contributed by atoms with Crippen molar-refractivity contribution in [3.05, 3.63) is 54.1 Å². The maximum atomic E-state index is 12.6. The smallest absolute Gasteiger partial charge is 0.274 e. The summed E-state index contributed by atoms with van der Waals surface area (Å²) in [6.45, 7) is 0.876. The highest BCUT2D eigenvalue weighted by atomic mass is 16.5. The van der Waals surface area contributed by atoms with Crippen molar-refractivity contribution >= 4 is 11.8 Å². The Morgan fingerprint density at radius 1 is 1.29 bits per heavy atom. The van der Waals surface area contributed by atoms with E-state index in [0.29, 0.717) is 24.3 Å². The van der Waals surface area contributed by atoms with Crippen LogP contribution in [-0.2, 0) is 0 Å². The van der Waals surface area contributed by atoms with Crippen LogP contribution in [0.1, 0.15) is 33.7 Å². The number of nitrogens with zero attached hydrogens (tertiary/aromatic N) is 3.